The van der Waals surface area contributed by atoms with Gasteiger partial charge in [0.15, 0.2) is 9.84 Å². The molecule has 28 heavy (non-hydrogen) atoms. The Balaban J connectivity index is 1.90. The number of halogens is 2. The van der Waals surface area contributed by atoms with Gasteiger partial charge in [-0.25, -0.2) is 13.4 Å². The maximum Gasteiger partial charge on any atom is 0.229 e. The van der Waals surface area contributed by atoms with Crippen LogP contribution in [0.2, 0.25) is 10.0 Å². The number of sulfone groups is 1. The maximum absolute atomic E-state index is 12.1. The lowest BCUT2D eigenvalue weighted by molar-refractivity contribution is 0.602. The highest BCUT2D eigenvalue weighted by Gasteiger charge is 2.18. The zero-order valence-electron chi connectivity index (χ0n) is 14.4. The summed E-state index contributed by atoms with van der Waals surface area (Å²) in [7, 11) is -3.58. The molecule has 3 aromatic rings. The Morgan fingerprint density at radius 3 is 2.43 bits per heavy atom. The highest BCUT2D eigenvalue weighted by molar-refractivity contribution is 7.90. The Bertz CT molecular complexity index is 1180. The van der Waals surface area contributed by atoms with E-state index in [0.717, 1.165) is 6.26 Å². The molecule has 0 fully saturated rings. The second-order valence-electron chi connectivity index (χ2n) is 5.74. The predicted molar refractivity (Wildman–Crippen MR) is 109 cm³/mol. The first-order valence-electron chi connectivity index (χ1n) is 7.82. The average Bonchev–Trinajstić information content (AvgIpc) is 2.64. The third-order valence-corrected chi connectivity index (χ3v) is 5.23. The molecule has 0 aliphatic heterocycles. The second-order valence-corrected chi connectivity index (χ2v) is 8.57. The van der Waals surface area contributed by atoms with Gasteiger partial charge in [0.05, 0.1) is 27.2 Å². The van der Waals surface area contributed by atoms with Crippen molar-refractivity contribution in [2.24, 2.45) is 0 Å². The summed E-state index contributed by atoms with van der Waals surface area (Å²) in [5.74, 6) is 0.612. The number of nitrogens with one attached hydrogen (secondary N) is 2. The SMILES string of the molecule is CS(=O)(=O)c1cc(Cl)cc(Cl)c1Nc1ccnc(Nc2ccc(C#N)cc2)n1. The van der Waals surface area contributed by atoms with Crippen molar-refractivity contribution in [3.63, 3.8) is 0 Å². The van der Waals surface area contributed by atoms with E-state index < -0.39 is 9.84 Å². The highest BCUT2D eigenvalue weighted by Crippen LogP contribution is 2.35. The molecule has 1 aromatic heterocycles. The Kier molecular flexibility index (Phi) is 5.70. The molecule has 0 saturated heterocycles. The smallest absolute Gasteiger partial charge is 0.229 e. The molecule has 2 N–H and O–H groups in total. The van der Waals surface area contributed by atoms with Gasteiger partial charge in [0.1, 0.15) is 5.82 Å². The third-order valence-electron chi connectivity index (χ3n) is 3.60. The van der Waals surface area contributed by atoms with Crippen molar-refractivity contribution in [1.29, 1.82) is 5.26 Å². The van der Waals surface area contributed by atoms with E-state index >= 15 is 0 Å². The number of rotatable bonds is 5. The third kappa shape index (κ3) is 4.70. The van der Waals surface area contributed by atoms with E-state index in [9.17, 15) is 8.42 Å². The summed E-state index contributed by atoms with van der Waals surface area (Å²) in [6, 6.07) is 13.1. The van der Waals surface area contributed by atoms with E-state index in [1.165, 1.54) is 18.3 Å². The van der Waals surface area contributed by atoms with E-state index in [1.807, 2.05) is 6.07 Å². The Morgan fingerprint density at radius 2 is 1.79 bits per heavy atom. The molecule has 3 rings (SSSR count). The van der Waals surface area contributed by atoms with Crippen LogP contribution in [-0.4, -0.2) is 24.6 Å². The van der Waals surface area contributed by atoms with Crippen molar-refractivity contribution < 1.29 is 8.42 Å². The van der Waals surface area contributed by atoms with E-state index in [0.29, 0.717) is 17.1 Å². The zero-order chi connectivity index (χ0) is 20.3. The summed E-state index contributed by atoms with van der Waals surface area (Å²) in [5.41, 5.74) is 1.40. The molecule has 0 bridgehead atoms. The monoisotopic (exact) mass is 433 g/mol. The van der Waals surface area contributed by atoms with Crippen molar-refractivity contribution in [3.8, 4) is 6.07 Å². The van der Waals surface area contributed by atoms with Gasteiger partial charge >= 0.3 is 0 Å². The fourth-order valence-corrected chi connectivity index (χ4v) is 3.87. The summed E-state index contributed by atoms with van der Waals surface area (Å²) in [5, 5.41) is 15.1. The molecule has 0 saturated carbocycles. The van der Waals surface area contributed by atoms with Gasteiger partial charge in [-0.15, -0.1) is 0 Å². The van der Waals surface area contributed by atoms with Gasteiger partial charge in [0, 0.05) is 23.2 Å². The number of hydrogen-bond acceptors (Lipinski definition) is 7. The molecule has 0 amide bonds. The number of hydrogen-bond donors (Lipinski definition) is 2. The van der Waals surface area contributed by atoms with Crippen LogP contribution in [0.3, 0.4) is 0 Å². The highest BCUT2D eigenvalue weighted by atomic mass is 35.5. The lowest BCUT2D eigenvalue weighted by atomic mass is 10.2. The molecule has 142 valence electrons. The number of aromatic nitrogens is 2. The molecule has 0 atom stereocenters. The fraction of sp³-hybridized carbons (Fsp3) is 0.0556. The molecule has 2 aromatic carbocycles. The molecule has 7 nitrogen and oxygen atoms in total. The standard InChI is InChI=1S/C18H13Cl2N5O2S/c1-28(26,27)15-9-12(19)8-14(20)17(15)24-16-6-7-22-18(25-16)23-13-4-2-11(10-21)3-5-13/h2-9H,1H3,(H2,22,23,24,25). The van der Waals surface area contributed by atoms with Gasteiger partial charge < -0.3 is 10.6 Å². The van der Waals surface area contributed by atoms with Gasteiger partial charge in [0.2, 0.25) is 5.95 Å². The minimum absolute atomic E-state index is 0.0368. The van der Waals surface area contributed by atoms with Crippen LogP contribution in [0.4, 0.5) is 23.1 Å². The number of anilines is 4. The molecule has 0 aliphatic carbocycles. The zero-order valence-corrected chi connectivity index (χ0v) is 16.8. The van der Waals surface area contributed by atoms with Crippen LogP contribution in [0.25, 0.3) is 0 Å². The van der Waals surface area contributed by atoms with E-state index in [-0.39, 0.29) is 26.6 Å². The van der Waals surface area contributed by atoms with E-state index in [1.54, 1.807) is 30.3 Å². The number of nitriles is 1. The van der Waals surface area contributed by atoms with Gasteiger partial charge in [-0.3, -0.25) is 0 Å². The summed E-state index contributed by atoms with van der Waals surface area (Å²) in [6.07, 6.45) is 2.57. The first-order chi connectivity index (χ1) is 13.3. The first-order valence-corrected chi connectivity index (χ1v) is 10.5. The van der Waals surface area contributed by atoms with Crippen molar-refractivity contribution in [1.82, 2.24) is 9.97 Å². The molecule has 0 aliphatic rings. The predicted octanol–water partition coefficient (Wildman–Crippen LogP) is 4.55. The largest absolute Gasteiger partial charge is 0.338 e. The maximum atomic E-state index is 12.1. The van der Waals surface area contributed by atoms with Crippen LogP contribution in [-0.2, 0) is 9.84 Å². The fourth-order valence-electron chi connectivity index (χ4n) is 2.34. The van der Waals surface area contributed by atoms with Gasteiger partial charge in [-0.1, -0.05) is 23.2 Å². The lowest BCUT2D eigenvalue weighted by Gasteiger charge is -2.13. The Morgan fingerprint density at radius 1 is 1.07 bits per heavy atom. The second kappa shape index (κ2) is 8.02. The van der Waals surface area contributed by atoms with Gasteiger partial charge in [-0.2, -0.15) is 10.2 Å². The molecule has 0 spiro atoms. The molecule has 0 radical (unpaired) electrons. The number of benzene rings is 2. The molecule has 0 unspecified atom stereocenters. The summed E-state index contributed by atoms with van der Waals surface area (Å²) < 4.78 is 24.2. The van der Waals surface area contributed by atoms with E-state index in [4.69, 9.17) is 28.5 Å². The average molecular weight is 434 g/mol. The van der Waals surface area contributed by atoms with Crippen molar-refractivity contribution in [3.05, 3.63) is 64.3 Å². The van der Waals surface area contributed by atoms with Crippen LogP contribution < -0.4 is 10.6 Å². The quantitative estimate of drug-likeness (QED) is 0.607. The van der Waals surface area contributed by atoms with Crippen molar-refractivity contribution in [2.45, 2.75) is 4.90 Å². The van der Waals surface area contributed by atoms with Crippen LogP contribution >= 0.6 is 23.2 Å². The summed E-state index contributed by atoms with van der Waals surface area (Å²) in [4.78, 5) is 8.40. The van der Waals surface area contributed by atoms with Crippen LogP contribution in [0.15, 0.2) is 53.6 Å². The molecule has 10 heteroatoms. The van der Waals surface area contributed by atoms with Crippen LogP contribution in [0.5, 0.6) is 0 Å². The van der Waals surface area contributed by atoms with Crippen LogP contribution in [0, 0.1) is 11.3 Å². The van der Waals surface area contributed by atoms with Crippen LogP contribution in [0.1, 0.15) is 5.56 Å². The minimum atomic E-state index is -3.58. The van der Waals surface area contributed by atoms with Crippen molar-refractivity contribution >= 4 is 56.2 Å². The first kappa shape index (κ1) is 19.9. The topological polar surface area (TPSA) is 108 Å². The van der Waals surface area contributed by atoms with Gasteiger partial charge in [-0.05, 0) is 42.5 Å². The summed E-state index contributed by atoms with van der Waals surface area (Å²) >= 11 is 12.1. The Labute approximate surface area is 171 Å². The minimum Gasteiger partial charge on any atom is -0.338 e. The van der Waals surface area contributed by atoms with Gasteiger partial charge in [0.25, 0.3) is 0 Å². The normalized spacial score (nSPS) is 10.9. The molecular formula is C18H13Cl2N5O2S. The number of nitrogens with zero attached hydrogens (tertiary/aromatic N) is 3. The molecular weight excluding hydrogens is 421 g/mol. The molecule has 1 heterocycles. The summed E-state index contributed by atoms with van der Waals surface area (Å²) in [6.45, 7) is 0. The Hall–Kier alpha value is -2.86. The van der Waals surface area contributed by atoms with Crippen molar-refractivity contribution in [2.75, 3.05) is 16.9 Å². The van der Waals surface area contributed by atoms with E-state index in [2.05, 4.69) is 20.6 Å². The lowest BCUT2D eigenvalue weighted by Crippen LogP contribution is -2.06.